The number of nitrogens with zero attached hydrogens (tertiary/aromatic N) is 1. The highest BCUT2D eigenvalue weighted by Crippen LogP contribution is 1.99. The van der Waals surface area contributed by atoms with Crippen molar-refractivity contribution in [3.63, 3.8) is 0 Å². The summed E-state index contributed by atoms with van der Waals surface area (Å²) >= 11 is 0. The van der Waals surface area contributed by atoms with Gasteiger partial charge in [0.15, 0.2) is 0 Å². The van der Waals surface area contributed by atoms with Crippen molar-refractivity contribution >= 4 is 12.0 Å². The molecule has 0 rings (SSSR count). The Hall–Kier alpha value is -1.26. The van der Waals surface area contributed by atoms with Gasteiger partial charge in [-0.1, -0.05) is 13.8 Å². The number of amides is 2. The number of carbonyl (C=O) groups excluding carboxylic acids is 1. The highest BCUT2D eigenvalue weighted by atomic mass is 16.4. The first-order valence-corrected chi connectivity index (χ1v) is 5.20. The standard InChI is InChI=1S/C10H20N2O3/c1-4-7-12(3)10(15)11-6-5-8(2)9(13)14/h8H,4-7H2,1-3H3,(H,11,15)(H,13,14). The van der Waals surface area contributed by atoms with E-state index in [1.54, 1.807) is 18.9 Å². The molecule has 5 heteroatoms. The van der Waals surface area contributed by atoms with Crippen molar-refractivity contribution in [3.8, 4) is 0 Å². The van der Waals surface area contributed by atoms with Gasteiger partial charge in [-0.15, -0.1) is 0 Å². The van der Waals surface area contributed by atoms with Gasteiger partial charge in [0.25, 0.3) is 0 Å². The van der Waals surface area contributed by atoms with Crippen molar-refractivity contribution in [2.45, 2.75) is 26.7 Å². The Balaban J connectivity index is 3.67. The average molecular weight is 216 g/mol. The molecule has 0 fully saturated rings. The van der Waals surface area contributed by atoms with Crippen LogP contribution in [0.25, 0.3) is 0 Å². The number of hydrogen-bond donors (Lipinski definition) is 2. The zero-order valence-electron chi connectivity index (χ0n) is 9.62. The van der Waals surface area contributed by atoms with Gasteiger partial charge in [0.05, 0.1) is 5.92 Å². The number of nitrogens with one attached hydrogen (secondary N) is 1. The molecule has 15 heavy (non-hydrogen) atoms. The van der Waals surface area contributed by atoms with Gasteiger partial charge < -0.3 is 15.3 Å². The molecule has 0 radical (unpaired) electrons. The van der Waals surface area contributed by atoms with E-state index in [1.807, 2.05) is 6.92 Å². The highest BCUT2D eigenvalue weighted by Gasteiger charge is 2.11. The van der Waals surface area contributed by atoms with E-state index in [-0.39, 0.29) is 6.03 Å². The van der Waals surface area contributed by atoms with Crippen molar-refractivity contribution in [3.05, 3.63) is 0 Å². The van der Waals surface area contributed by atoms with E-state index >= 15 is 0 Å². The molecule has 0 saturated carbocycles. The first kappa shape index (κ1) is 13.7. The lowest BCUT2D eigenvalue weighted by molar-refractivity contribution is -0.141. The van der Waals surface area contributed by atoms with E-state index in [0.717, 1.165) is 6.42 Å². The predicted octanol–water partition coefficient (Wildman–Crippen LogP) is 1.15. The number of rotatable bonds is 6. The number of carbonyl (C=O) groups is 2. The second kappa shape index (κ2) is 7.09. The Morgan fingerprint density at radius 3 is 2.53 bits per heavy atom. The van der Waals surface area contributed by atoms with E-state index in [1.165, 1.54) is 0 Å². The van der Waals surface area contributed by atoms with Crippen LogP contribution in [-0.2, 0) is 4.79 Å². The molecule has 88 valence electrons. The number of carboxylic acids is 1. The summed E-state index contributed by atoms with van der Waals surface area (Å²) in [6.07, 6.45) is 1.37. The molecule has 0 aliphatic carbocycles. The monoisotopic (exact) mass is 216 g/mol. The molecule has 0 aliphatic heterocycles. The topological polar surface area (TPSA) is 69.6 Å². The minimum Gasteiger partial charge on any atom is -0.481 e. The molecule has 0 bridgehead atoms. The fourth-order valence-corrected chi connectivity index (χ4v) is 1.09. The molecule has 0 spiro atoms. The van der Waals surface area contributed by atoms with Crippen LogP contribution in [0.3, 0.4) is 0 Å². The summed E-state index contributed by atoms with van der Waals surface area (Å²) in [5.74, 6) is -1.24. The van der Waals surface area contributed by atoms with Crippen molar-refractivity contribution in [1.29, 1.82) is 0 Å². The quantitative estimate of drug-likeness (QED) is 0.699. The zero-order valence-corrected chi connectivity index (χ0v) is 9.62. The summed E-state index contributed by atoms with van der Waals surface area (Å²) in [4.78, 5) is 23.4. The molecule has 0 heterocycles. The summed E-state index contributed by atoms with van der Waals surface area (Å²) < 4.78 is 0. The lowest BCUT2D eigenvalue weighted by Crippen LogP contribution is -2.38. The fourth-order valence-electron chi connectivity index (χ4n) is 1.09. The van der Waals surface area contributed by atoms with Crippen LogP contribution in [-0.4, -0.2) is 42.1 Å². The average Bonchev–Trinajstić information content (AvgIpc) is 2.17. The van der Waals surface area contributed by atoms with Crippen molar-refractivity contribution in [2.24, 2.45) is 5.92 Å². The molecule has 0 aromatic rings. The van der Waals surface area contributed by atoms with Crippen molar-refractivity contribution in [1.82, 2.24) is 10.2 Å². The van der Waals surface area contributed by atoms with Gasteiger partial charge in [0.1, 0.15) is 0 Å². The van der Waals surface area contributed by atoms with Crippen LogP contribution in [0.5, 0.6) is 0 Å². The summed E-state index contributed by atoms with van der Waals surface area (Å²) in [5, 5.41) is 11.3. The van der Waals surface area contributed by atoms with Crippen LogP contribution < -0.4 is 5.32 Å². The van der Waals surface area contributed by atoms with Crippen LogP contribution in [0, 0.1) is 5.92 Å². The zero-order chi connectivity index (χ0) is 11.8. The second-order valence-electron chi connectivity index (χ2n) is 3.68. The van der Waals surface area contributed by atoms with Gasteiger partial charge in [-0.3, -0.25) is 4.79 Å². The molecular weight excluding hydrogens is 196 g/mol. The third-order valence-electron chi connectivity index (χ3n) is 2.18. The Morgan fingerprint density at radius 2 is 2.07 bits per heavy atom. The van der Waals surface area contributed by atoms with Gasteiger partial charge in [-0.2, -0.15) is 0 Å². The van der Waals surface area contributed by atoms with E-state index < -0.39 is 11.9 Å². The minimum atomic E-state index is -0.828. The Bertz CT molecular complexity index is 219. The second-order valence-corrected chi connectivity index (χ2v) is 3.68. The van der Waals surface area contributed by atoms with Gasteiger partial charge in [-0.25, -0.2) is 4.79 Å². The molecule has 0 aromatic heterocycles. The van der Waals surface area contributed by atoms with Gasteiger partial charge in [0, 0.05) is 20.1 Å². The normalized spacial score (nSPS) is 11.9. The molecule has 0 saturated heterocycles. The van der Waals surface area contributed by atoms with Crippen LogP contribution in [0.2, 0.25) is 0 Å². The molecule has 2 N–H and O–H groups in total. The minimum absolute atomic E-state index is 0.144. The first-order valence-electron chi connectivity index (χ1n) is 5.20. The SMILES string of the molecule is CCCN(C)C(=O)NCCC(C)C(=O)O. The fraction of sp³-hybridized carbons (Fsp3) is 0.800. The maximum Gasteiger partial charge on any atom is 0.317 e. The van der Waals surface area contributed by atoms with Crippen LogP contribution in [0.4, 0.5) is 4.79 Å². The predicted molar refractivity (Wildman–Crippen MR) is 57.7 cm³/mol. The van der Waals surface area contributed by atoms with E-state index in [0.29, 0.717) is 19.5 Å². The lowest BCUT2D eigenvalue weighted by Gasteiger charge is -2.17. The lowest BCUT2D eigenvalue weighted by atomic mass is 10.1. The summed E-state index contributed by atoms with van der Waals surface area (Å²) in [6, 6.07) is -0.144. The Kier molecular flexibility index (Phi) is 6.49. The van der Waals surface area contributed by atoms with Crippen molar-refractivity contribution in [2.75, 3.05) is 20.1 Å². The molecule has 0 aromatic carbocycles. The van der Waals surface area contributed by atoms with Crippen LogP contribution in [0.15, 0.2) is 0 Å². The summed E-state index contributed by atoms with van der Waals surface area (Å²) in [6.45, 7) is 4.74. The molecule has 0 aliphatic rings. The van der Waals surface area contributed by atoms with E-state index in [4.69, 9.17) is 5.11 Å². The smallest absolute Gasteiger partial charge is 0.317 e. The molecule has 1 unspecified atom stereocenters. The first-order chi connectivity index (χ1) is 6.99. The Labute approximate surface area is 90.5 Å². The van der Waals surface area contributed by atoms with Crippen LogP contribution >= 0.6 is 0 Å². The van der Waals surface area contributed by atoms with Gasteiger partial charge >= 0.3 is 12.0 Å². The summed E-state index contributed by atoms with van der Waals surface area (Å²) in [5.41, 5.74) is 0. The van der Waals surface area contributed by atoms with Crippen LogP contribution in [0.1, 0.15) is 26.7 Å². The maximum absolute atomic E-state index is 11.4. The largest absolute Gasteiger partial charge is 0.481 e. The van der Waals surface area contributed by atoms with Crippen molar-refractivity contribution < 1.29 is 14.7 Å². The highest BCUT2D eigenvalue weighted by molar-refractivity contribution is 5.74. The number of urea groups is 1. The molecule has 1 atom stereocenters. The molecule has 5 nitrogen and oxygen atoms in total. The third-order valence-corrected chi connectivity index (χ3v) is 2.18. The maximum atomic E-state index is 11.4. The molecule has 2 amide bonds. The van der Waals surface area contributed by atoms with Gasteiger partial charge in [0.2, 0.25) is 0 Å². The molecular formula is C10H20N2O3. The third kappa shape index (κ3) is 5.93. The summed E-state index contributed by atoms with van der Waals surface area (Å²) in [7, 11) is 1.72. The van der Waals surface area contributed by atoms with E-state index in [9.17, 15) is 9.59 Å². The van der Waals surface area contributed by atoms with Gasteiger partial charge in [-0.05, 0) is 12.8 Å². The number of aliphatic carboxylic acids is 1. The Morgan fingerprint density at radius 1 is 1.47 bits per heavy atom. The number of carboxylic acid groups (broad SMARTS) is 1. The number of hydrogen-bond acceptors (Lipinski definition) is 2. The van der Waals surface area contributed by atoms with E-state index in [2.05, 4.69) is 5.32 Å².